The molecule has 1 atom stereocenters. The standard InChI is InChI=1S/C16H32N2/c1-4-10-17-15(13-14-8-9-14)16(2,3)18-11-6-5-7-12-18/h14-15,17H,4-13H2,1-3H3. The molecule has 0 amide bonds. The Hall–Kier alpha value is -0.0800. The molecule has 0 aromatic carbocycles. The smallest absolute Gasteiger partial charge is 0.0306 e. The molecule has 2 rings (SSSR count). The number of nitrogens with one attached hydrogen (secondary N) is 1. The maximum absolute atomic E-state index is 3.84. The fourth-order valence-electron chi connectivity index (χ4n) is 3.32. The van der Waals surface area contributed by atoms with Crippen molar-refractivity contribution in [1.82, 2.24) is 10.2 Å². The zero-order valence-electron chi connectivity index (χ0n) is 12.7. The summed E-state index contributed by atoms with van der Waals surface area (Å²) in [7, 11) is 0. The minimum absolute atomic E-state index is 0.332. The van der Waals surface area contributed by atoms with Gasteiger partial charge in [-0.3, -0.25) is 4.90 Å². The molecule has 1 aliphatic carbocycles. The Balaban J connectivity index is 1.95. The van der Waals surface area contributed by atoms with Crippen molar-refractivity contribution in [2.75, 3.05) is 19.6 Å². The topological polar surface area (TPSA) is 15.3 Å². The molecule has 2 aliphatic rings. The molecule has 1 aliphatic heterocycles. The largest absolute Gasteiger partial charge is 0.312 e. The van der Waals surface area contributed by atoms with E-state index in [4.69, 9.17) is 0 Å². The van der Waals surface area contributed by atoms with E-state index < -0.39 is 0 Å². The molecule has 2 nitrogen and oxygen atoms in total. The summed E-state index contributed by atoms with van der Waals surface area (Å²) in [4.78, 5) is 2.74. The number of hydrogen-bond acceptors (Lipinski definition) is 2. The molecule has 0 spiro atoms. The van der Waals surface area contributed by atoms with Gasteiger partial charge >= 0.3 is 0 Å². The highest BCUT2D eigenvalue weighted by atomic mass is 15.2. The second kappa shape index (κ2) is 6.38. The van der Waals surface area contributed by atoms with Gasteiger partial charge in [0.05, 0.1) is 0 Å². The van der Waals surface area contributed by atoms with E-state index in [2.05, 4.69) is 31.0 Å². The quantitative estimate of drug-likeness (QED) is 0.747. The average Bonchev–Trinajstić information content (AvgIpc) is 3.19. The molecule has 1 unspecified atom stereocenters. The van der Waals surface area contributed by atoms with Crippen LogP contribution < -0.4 is 5.32 Å². The van der Waals surface area contributed by atoms with Crippen molar-refractivity contribution in [1.29, 1.82) is 0 Å². The van der Waals surface area contributed by atoms with Crippen LogP contribution in [0.25, 0.3) is 0 Å². The third kappa shape index (κ3) is 3.71. The van der Waals surface area contributed by atoms with Gasteiger partial charge in [0.2, 0.25) is 0 Å². The first-order chi connectivity index (χ1) is 8.64. The molecule has 0 aromatic heterocycles. The molecular weight excluding hydrogens is 220 g/mol. The molecule has 18 heavy (non-hydrogen) atoms. The first-order valence-corrected chi connectivity index (χ1v) is 8.13. The Labute approximate surface area is 114 Å². The summed E-state index contributed by atoms with van der Waals surface area (Å²) in [5.74, 6) is 1.02. The molecule has 1 saturated heterocycles. The second-order valence-electron chi connectivity index (χ2n) is 6.89. The van der Waals surface area contributed by atoms with Crippen LogP contribution in [0.2, 0.25) is 0 Å². The SMILES string of the molecule is CCCNC(CC1CC1)C(C)(C)N1CCCCC1. The highest BCUT2D eigenvalue weighted by Gasteiger charge is 2.38. The maximum Gasteiger partial charge on any atom is 0.0306 e. The molecular formula is C16H32N2. The van der Waals surface area contributed by atoms with Gasteiger partial charge < -0.3 is 5.32 Å². The molecule has 1 saturated carbocycles. The Morgan fingerprint density at radius 3 is 2.39 bits per heavy atom. The fourth-order valence-corrected chi connectivity index (χ4v) is 3.32. The Bertz CT molecular complexity index is 239. The normalized spacial score (nSPS) is 24.2. The monoisotopic (exact) mass is 252 g/mol. The van der Waals surface area contributed by atoms with Crippen LogP contribution in [-0.2, 0) is 0 Å². The highest BCUT2D eigenvalue weighted by Crippen LogP contribution is 2.37. The lowest BCUT2D eigenvalue weighted by Crippen LogP contribution is -2.59. The molecule has 0 aromatic rings. The van der Waals surface area contributed by atoms with Crippen LogP contribution >= 0.6 is 0 Å². The molecule has 0 bridgehead atoms. The van der Waals surface area contributed by atoms with Crippen molar-refractivity contribution in [2.24, 2.45) is 5.92 Å². The minimum Gasteiger partial charge on any atom is -0.312 e. The van der Waals surface area contributed by atoms with Crippen molar-refractivity contribution in [2.45, 2.75) is 77.3 Å². The van der Waals surface area contributed by atoms with E-state index in [1.807, 2.05) is 0 Å². The number of hydrogen-bond donors (Lipinski definition) is 1. The van der Waals surface area contributed by atoms with Crippen LogP contribution in [0.1, 0.15) is 65.7 Å². The zero-order chi connectivity index (χ0) is 13.0. The van der Waals surface area contributed by atoms with Gasteiger partial charge in [-0.25, -0.2) is 0 Å². The zero-order valence-corrected chi connectivity index (χ0v) is 12.7. The van der Waals surface area contributed by atoms with Gasteiger partial charge in [-0.1, -0.05) is 26.2 Å². The second-order valence-corrected chi connectivity index (χ2v) is 6.89. The van der Waals surface area contributed by atoms with E-state index in [0.29, 0.717) is 11.6 Å². The number of rotatable bonds is 7. The predicted octanol–water partition coefficient (Wildman–Crippen LogP) is 3.42. The molecule has 2 heteroatoms. The summed E-state index contributed by atoms with van der Waals surface area (Å²) >= 11 is 0. The van der Waals surface area contributed by atoms with Gasteiger partial charge in [-0.2, -0.15) is 0 Å². The van der Waals surface area contributed by atoms with E-state index >= 15 is 0 Å². The minimum atomic E-state index is 0.332. The molecule has 1 heterocycles. The Kier molecular flexibility index (Phi) is 5.08. The molecule has 106 valence electrons. The van der Waals surface area contributed by atoms with Crippen LogP contribution in [0.3, 0.4) is 0 Å². The molecule has 1 N–H and O–H groups in total. The first kappa shape index (κ1) is 14.3. The summed E-state index contributed by atoms with van der Waals surface area (Å²) in [5, 5.41) is 3.84. The van der Waals surface area contributed by atoms with Crippen molar-refractivity contribution in [3.05, 3.63) is 0 Å². The molecule has 0 radical (unpaired) electrons. The average molecular weight is 252 g/mol. The number of piperidine rings is 1. The molecule has 2 fully saturated rings. The van der Waals surface area contributed by atoms with E-state index in [-0.39, 0.29) is 0 Å². The number of likely N-dealkylation sites (tertiary alicyclic amines) is 1. The number of nitrogens with zero attached hydrogens (tertiary/aromatic N) is 1. The summed E-state index contributed by atoms with van der Waals surface area (Å²) in [6.07, 6.45) is 9.81. The summed E-state index contributed by atoms with van der Waals surface area (Å²) in [6, 6.07) is 0.683. The van der Waals surface area contributed by atoms with E-state index in [0.717, 1.165) is 5.92 Å². The van der Waals surface area contributed by atoms with Crippen molar-refractivity contribution >= 4 is 0 Å². The van der Waals surface area contributed by atoms with Crippen LogP contribution in [0, 0.1) is 5.92 Å². The third-order valence-electron chi connectivity index (χ3n) is 4.93. The Morgan fingerprint density at radius 2 is 1.83 bits per heavy atom. The van der Waals surface area contributed by atoms with Crippen molar-refractivity contribution in [3.8, 4) is 0 Å². The first-order valence-electron chi connectivity index (χ1n) is 8.13. The van der Waals surface area contributed by atoms with Crippen molar-refractivity contribution in [3.63, 3.8) is 0 Å². The lowest BCUT2D eigenvalue weighted by molar-refractivity contribution is 0.0564. The highest BCUT2D eigenvalue weighted by molar-refractivity contribution is 4.97. The van der Waals surface area contributed by atoms with Gasteiger partial charge in [0, 0.05) is 11.6 Å². The fraction of sp³-hybridized carbons (Fsp3) is 1.00. The van der Waals surface area contributed by atoms with Crippen LogP contribution in [-0.4, -0.2) is 36.1 Å². The third-order valence-corrected chi connectivity index (χ3v) is 4.93. The maximum atomic E-state index is 3.84. The lowest BCUT2D eigenvalue weighted by atomic mass is 9.86. The van der Waals surface area contributed by atoms with E-state index in [9.17, 15) is 0 Å². The summed E-state index contributed by atoms with van der Waals surface area (Å²) in [5.41, 5.74) is 0.332. The lowest BCUT2D eigenvalue weighted by Gasteiger charge is -2.46. The summed E-state index contributed by atoms with van der Waals surface area (Å²) in [6.45, 7) is 11.0. The van der Waals surface area contributed by atoms with E-state index in [1.165, 1.54) is 64.6 Å². The van der Waals surface area contributed by atoms with E-state index in [1.54, 1.807) is 0 Å². The predicted molar refractivity (Wildman–Crippen MR) is 78.9 cm³/mol. The van der Waals surface area contributed by atoms with Gasteiger partial charge in [0.1, 0.15) is 0 Å². The van der Waals surface area contributed by atoms with Crippen LogP contribution in [0.4, 0.5) is 0 Å². The van der Waals surface area contributed by atoms with Gasteiger partial charge in [-0.05, 0) is 65.1 Å². The van der Waals surface area contributed by atoms with Crippen LogP contribution in [0.15, 0.2) is 0 Å². The van der Waals surface area contributed by atoms with Crippen molar-refractivity contribution < 1.29 is 0 Å². The van der Waals surface area contributed by atoms with Gasteiger partial charge in [-0.15, -0.1) is 0 Å². The Morgan fingerprint density at radius 1 is 1.17 bits per heavy atom. The van der Waals surface area contributed by atoms with Gasteiger partial charge in [0.25, 0.3) is 0 Å². The summed E-state index contributed by atoms with van der Waals surface area (Å²) < 4.78 is 0. The van der Waals surface area contributed by atoms with Gasteiger partial charge in [0.15, 0.2) is 0 Å². The van der Waals surface area contributed by atoms with Crippen LogP contribution in [0.5, 0.6) is 0 Å².